The van der Waals surface area contributed by atoms with Gasteiger partial charge in [0.25, 0.3) is 5.91 Å². The largest absolute Gasteiger partial charge is 0.371 e. The van der Waals surface area contributed by atoms with Gasteiger partial charge in [0, 0.05) is 74.8 Å². The molecule has 0 atom stereocenters. The molecule has 0 unspecified atom stereocenters. The number of nitrogens with one attached hydrogen (secondary N) is 2. The summed E-state index contributed by atoms with van der Waals surface area (Å²) in [5.74, 6) is 1.37. The van der Waals surface area contributed by atoms with Crippen molar-refractivity contribution in [2.45, 2.75) is 75.7 Å². The van der Waals surface area contributed by atoms with Crippen LogP contribution >= 0.6 is 0 Å². The minimum absolute atomic E-state index is 0.0105. The third-order valence-electron chi connectivity index (χ3n) is 12.2. The SMILES string of the molecule is CN(C)C(=O)c1cc2cnc(Nc3ccc(N4CCC5(CC4)CCN(c4cccc6c4C4(CC4)C(=O)N6)CC5)cn3)nc2n1C1CCCC1. The highest BCUT2D eigenvalue weighted by molar-refractivity contribution is 6.10. The molecule has 2 saturated heterocycles. The predicted octanol–water partition coefficient (Wildman–Crippen LogP) is 6.26. The van der Waals surface area contributed by atoms with Crippen molar-refractivity contribution >= 4 is 51.7 Å². The number of benzene rings is 1. The average Bonchev–Trinajstić information content (AvgIpc) is 3.43. The standard InChI is InChI=1S/C38H45N9O2/c1-44(2)34(48)30-22-25-23-40-36(43-33(25)47(30)26-6-3-4-7-26)42-31-11-10-27(24-39-31)45-18-14-37(15-19-45)16-20-46(21-17-37)29-9-5-8-28-32(29)38(12-13-38)35(49)41-28/h5,8-11,22-24,26H,3-4,6-7,12-21H2,1-2H3,(H,41,49)(H,39,40,42,43). The zero-order chi connectivity index (χ0) is 33.3. The zero-order valence-electron chi connectivity index (χ0n) is 28.5. The molecule has 9 rings (SSSR count). The van der Waals surface area contributed by atoms with Crippen LogP contribution in [0.4, 0.5) is 28.8 Å². The van der Waals surface area contributed by atoms with E-state index in [0.717, 1.165) is 74.3 Å². The maximum atomic E-state index is 13.1. The lowest BCUT2D eigenvalue weighted by Crippen LogP contribution is -2.47. The lowest BCUT2D eigenvalue weighted by Gasteiger charge is -2.48. The fraction of sp³-hybridized carbons (Fsp3) is 0.500. The second-order valence-corrected chi connectivity index (χ2v) is 15.2. The minimum atomic E-state index is -0.259. The first-order valence-electron chi connectivity index (χ1n) is 18.1. The summed E-state index contributed by atoms with van der Waals surface area (Å²) in [6, 6.07) is 12.7. The van der Waals surface area contributed by atoms with Crippen LogP contribution in [0, 0.1) is 5.41 Å². The molecule has 11 heteroatoms. The molecule has 2 saturated carbocycles. The number of carbonyl (C=O) groups excluding carboxylic acids is 2. The molecule has 11 nitrogen and oxygen atoms in total. The Bertz CT molecular complexity index is 1920. The van der Waals surface area contributed by atoms with E-state index in [4.69, 9.17) is 9.97 Å². The molecule has 2 amide bonds. The molecule has 4 fully saturated rings. The van der Waals surface area contributed by atoms with Crippen LogP contribution in [-0.4, -0.2) is 76.5 Å². The Morgan fingerprint density at radius 2 is 1.65 bits per heavy atom. The minimum Gasteiger partial charge on any atom is -0.371 e. The monoisotopic (exact) mass is 659 g/mol. The van der Waals surface area contributed by atoms with Crippen molar-refractivity contribution in [2.24, 2.45) is 5.41 Å². The molecular weight excluding hydrogens is 614 g/mol. The van der Waals surface area contributed by atoms with Gasteiger partial charge >= 0.3 is 0 Å². The van der Waals surface area contributed by atoms with Crippen LogP contribution in [0.1, 0.15) is 86.3 Å². The highest BCUT2D eigenvalue weighted by atomic mass is 16.2. The Labute approximate surface area is 287 Å². The first-order chi connectivity index (χ1) is 23.8. The van der Waals surface area contributed by atoms with Crippen LogP contribution in [0.5, 0.6) is 0 Å². The first kappa shape index (κ1) is 30.4. The number of hydrogen-bond donors (Lipinski definition) is 2. The van der Waals surface area contributed by atoms with Crippen molar-refractivity contribution < 1.29 is 9.59 Å². The van der Waals surface area contributed by atoms with E-state index in [0.29, 0.717) is 22.9 Å². The van der Waals surface area contributed by atoms with Gasteiger partial charge in [-0.15, -0.1) is 0 Å². The molecule has 0 radical (unpaired) electrons. The zero-order valence-corrected chi connectivity index (χ0v) is 28.5. The number of hydrogen-bond acceptors (Lipinski definition) is 8. The molecular formula is C38H45N9O2. The molecule has 0 bridgehead atoms. The summed E-state index contributed by atoms with van der Waals surface area (Å²) >= 11 is 0. The summed E-state index contributed by atoms with van der Waals surface area (Å²) in [7, 11) is 3.58. The lowest BCUT2D eigenvalue weighted by atomic mass is 9.71. The van der Waals surface area contributed by atoms with E-state index < -0.39 is 0 Å². The molecule has 49 heavy (non-hydrogen) atoms. The molecule has 2 aliphatic carbocycles. The molecule has 4 aromatic rings. The second kappa shape index (κ2) is 11.5. The van der Waals surface area contributed by atoms with E-state index in [9.17, 15) is 9.59 Å². The van der Waals surface area contributed by atoms with Gasteiger partial charge in [0.05, 0.1) is 17.3 Å². The van der Waals surface area contributed by atoms with Crippen LogP contribution in [-0.2, 0) is 10.2 Å². The number of carbonyl (C=O) groups is 2. The predicted molar refractivity (Wildman–Crippen MR) is 192 cm³/mol. The van der Waals surface area contributed by atoms with Gasteiger partial charge < -0.3 is 29.9 Å². The van der Waals surface area contributed by atoms with Crippen molar-refractivity contribution in [1.29, 1.82) is 0 Å². The van der Waals surface area contributed by atoms with Gasteiger partial charge in [-0.3, -0.25) is 9.59 Å². The summed E-state index contributed by atoms with van der Waals surface area (Å²) in [4.78, 5) is 46.6. The third kappa shape index (κ3) is 5.11. The number of piperidine rings is 2. The van der Waals surface area contributed by atoms with Gasteiger partial charge in [0.2, 0.25) is 11.9 Å². The molecule has 3 aliphatic heterocycles. The Balaban J connectivity index is 0.844. The average molecular weight is 660 g/mol. The summed E-state index contributed by atoms with van der Waals surface area (Å²) in [5.41, 5.74) is 6.30. The van der Waals surface area contributed by atoms with Crippen molar-refractivity contribution in [3.63, 3.8) is 0 Å². The number of aromatic nitrogens is 4. The Hall–Kier alpha value is -4.67. The van der Waals surface area contributed by atoms with Gasteiger partial charge in [-0.1, -0.05) is 18.9 Å². The summed E-state index contributed by atoms with van der Waals surface area (Å²) < 4.78 is 2.14. The number of rotatable bonds is 6. The van der Waals surface area contributed by atoms with Gasteiger partial charge in [-0.25, -0.2) is 9.97 Å². The van der Waals surface area contributed by atoms with Gasteiger partial charge in [0.1, 0.15) is 17.2 Å². The highest BCUT2D eigenvalue weighted by Crippen LogP contribution is 2.58. The van der Waals surface area contributed by atoms with E-state index in [1.165, 1.54) is 49.8 Å². The van der Waals surface area contributed by atoms with Crippen LogP contribution in [0.25, 0.3) is 11.0 Å². The Morgan fingerprint density at radius 1 is 0.918 bits per heavy atom. The van der Waals surface area contributed by atoms with Crippen molar-refractivity contribution in [1.82, 2.24) is 24.4 Å². The van der Waals surface area contributed by atoms with E-state index in [-0.39, 0.29) is 23.3 Å². The van der Waals surface area contributed by atoms with Gasteiger partial charge in [-0.2, -0.15) is 4.98 Å². The van der Waals surface area contributed by atoms with Crippen molar-refractivity contribution in [2.75, 3.05) is 60.7 Å². The smallest absolute Gasteiger partial charge is 0.270 e. The molecule has 5 aliphatic rings. The van der Waals surface area contributed by atoms with E-state index >= 15 is 0 Å². The normalized spacial score (nSPS) is 21.0. The van der Waals surface area contributed by atoms with Crippen molar-refractivity contribution in [3.05, 3.63) is 60.0 Å². The molecule has 3 aromatic heterocycles. The van der Waals surface area contributed by atoms with Crippen LogP contribution in [0.2, 0.25) is 0 Å². The maximum absolute atomic E-state index is 13.1. The molecule has 254 valence electrons. The maximum Gasteiger partial charge on any atom is 0.270 e. The fourth-order valence-electron chi connectivity index (χ4n) is 9.09. The van der Waals surface area contributed by atoms with E-state index in [2.05, 4.69) is 54.2 Å². The molecule has 2 N–H and O–H groups in total. The van der Waals surface area contributed by atoms with Crippen molar-refractivity contribution in [3.8, 4) is 0 Å². The third-order valence-corrected chi connectivity index (χ3v) is 12.2. The summed E-state index contributed by atoms with van der Waals surface area (Å²) in [6.07, 6.45) is 14.9. The Kier molecular flexibility index (Phi) is 7.10. The number of anilines is 5. The van der Waals surface area contributed by atoms with Crippen LogP contribution < -0.4 is 20.4 Å². The molecule has 2 spiro atoms. The number of amides is 2. The number of pyridine rings is 1. The second-order valence-electron chi connectivity index (χ2n) is 15.2. The van der Waals surface area contributed by atoms with Crippen LogP contribution in [0.15, 0.2) is 48.8 Å². The van der Waals surface area contributed by atoms with Crippen LogP contribution in [0.3, 0.4) is 0 Å². The Morgan fingerprint density at radius 3 is 2.33 bits per heavy atom. The summed E-state index contributed by atoms with van der Waals surface area (Å²) in [5, 5.41) is 7.34. The lowest BCUT2D eigenvalue weighted by molar-refractivity contribution is -0.117. The quantitative estimate of drug-likeness (QED) is 0.250. The van der Waals surface area contributed by atoms with Gasteiger partial charge in [0.15, 0.2) is 0 Å². The topological polar surface area (TPSA) is 112 Å². The molecule has 6 heterocycles. The van der Waals surface area contributed by atoms with Gasteiger partial charge in [-0.05, 0) is 87.1 Å². The van der Waals surface area contributed by atoms with E-state index in [1.807, 2.05) is 18.3 Å². The highest BCUT2D eigenvalue weighted by Gasteiger charge is 2.58. The molecule has 1 aromatic carbocycles. The number of fused-ring (bicyclic) bond motifs is 3. The van der Waals surface area contributed by atoms with E-state index in [1.54, 1.807) is 25.2 Å². The fourth-order valence-corrected chi connectivity index (χ4v) is 9.09. The first-order valence-corrected chi connectivity index (χ1v) is 18.1. The summed E-state index contributed by atoms with van der Waals surface area (Å²) in [6.45, 7) is 4.16. The number of nitrogens with zero attached hydrogens (tertiary/aromatic N) is 7.